The van der Waals surface area contributed by atoms with E-state index in [2.05, 4.69) is 37.2 Å². The van der Waals surface area contributed by atoms with Crippen LogP contribution >= 0.6 is 43.6 Å². The Morgan fingerprint density at radius 3 is 2.44 bits per heavy atom. The average Bonchev–Trinajstić information content (AvgIpc) is 3.16. The minimum absolute atomic E-state index is 0.186. The zero-order valence-corrected chi connectivity index (χ0v) is 24.0. The van der Waals surface area contributed by atoms with Crippen LogP contribution in [0.15, 0.2) is 68.4 Å². The number of anilines is 1. The maximum absolute atomic E-state index is 13.1. The zero-order chi connectivity index (χ0) is 27.5. The number of carbonyl (C=O) groups excluding carboxylic acids is 3. The summed E-state index contributed by atoms with van der Waals surface area (Å²) in [5, 5.41) is 2.14. The van der Waals surface area contributed by atoms with E-state index < -0.39 is 23.6 Å². The summed E-state index contributed by atoms with van der Waals surface area (Å²) in [5.41, 5.74) is 1.89. The maximum atomic E-state index is 13.1. The predicted octanol–water partition coefficient (Wildman–Crippen LogP) is 6.38. The molecule has 39 heavy (non-hydrogen) atoms. The molecule has 12 heteroatoms. The van der Waals surface area contributed by atoms with E-state index in [-0.39, 0.29) is 17.3 Å². The van der Waals surface area contributed by atoms with Crippen LogP contribution in [-0.2, 0) is 16.2 Å². The van der Waals surface area contributed by atoms with Gasteiger partial charge in [0, 0.05) is 11.8 Å². The van der Waals surface area contributed by atoms with Gasteiger partial charge in [-0.2, -0.15) is 0 Å². The molecule has 0 saturated carbocycles. The fourth-order valence-electron chi connectivity index (χ4n) is 3.79. The van der Waals surface area contributed by atoms with Gasteiger partial charge in [-0.3, -0.25) is 19.3 Å². The predicted molar refractivity (Wildman–Crippen MR) is 151 cm³/mol. The van der Waals surface area contributed by atoms with Crippen LogP contribution in [0.5, 0.6) is 17.2 Å². The summed E-state index contributed by atoms with van der Waals surface area (Å²) in [6.45, 7) is 0.658. The number of hydrogen-bond donors (Lipinski definition) is 1. The van der Waals surface area contributed by atoms with E-state index in [1.165, 1.54) is 12.1 Å². The first-order valence-electron chi connectivity index (χ1n) is 11.6. The summed E-state index contributed by atoms with van der Waals surface area (Å²) in [5.74, 6) is 0.212. The summed E-state index contributed by atoms with van der Waals surface area (Å²) in [6.07, 6.45) is 1.57. The van der Waals surface area contributed by atoms with E-state index in [1.54, 1.807) is 48.5 Å². The van der Waals surface area contributed by atoms with Crippen molar-refractivity contribution in [3.63, 3.8) is 0 Å². The molecule has 200 valence electrons. The van der Waals surface area contributed by atoms with Crippen molar-refractivity contribution in [3.8, 4) is 17.2 Å². The van der Waals surface area contributed by atoms with E-state index in [0.717, 1.165) is 22.2 Å². The SMILES string of the molecule is O=C(CN1C(=O)S/C(=C/c2cc(Br)c(OCc3ccc(F)cc3)c(Br)c2)C1=O)Nc1ccc2c(c1)OCCO2. The molecule has 0 spiro atoms. The molecule has 2 heterocycles. The van der Waals surface area contributed by atoms with Crippen molar-refractivity contribution in [1.29, 1.82) is 0 Å². The molecule has 8 nitrogen and oxygen atoms in total. The first kappa shape index (κ1) is 27.2. The Morgan fingerprint density at radius 2 is 1.72 bits per heavy atom. The van der Waals surface area contributed by atoms with Gasteiger partial charge < -0.3 is 19.5 Å². The molecule has 1 saturated heterocycles. The molecule has 0 unspecified atom stereocenters. The van der Waals surface area contributed by atoms with E-state index in [0.29, 0.717) is 50.7 Å². The van der Waals surface area contributed by atoms with Crippen molar-refractivity contribution in [2.75, 3.05) is 25.1 Å². The number of rotatable bonds is 7. The summed E-state index contributed by atoms with van der Waals surface area (Å²) in [7, 11) is 0. The molecule has 3 amide bonds. The molecular formula is C27H19Br2FN2O6S. The van der Waals surface area contributed by atoms with Crippen LogP contribution in [0, 0.1) is 5.82 Å². The van der Waals surface area contributed by atoms with Crippen molar-refractivity contribution >= 4 is 72.4 Å². The lowest BCUT2D eigenvalue weighted by molar-refractivity contribution is -0.127. The Bertz CT molecular complexity index is 1480. The van der Waals surface area contributed by atoms with E-state index in [4.69, 9.17) is 14.2 Å². The van der Waals surface area contributed by atoms with Gasteiger partial charge in [0.1, 0.15) is 37.9 Å². The standard InChI is InChI=1S/C27H19Br2FN2O6S/c28-19-9-16(10-20(29)25(19)38-14-15-1-3-17(30)4-2-15)11-23-26(34)32(27(35)39-23)13-24(33)31-18-5-6-21-22(12-18)37-8-7-36-21/h1-6,9-12H,7-8,13-14H2,(H,31,33)/b23-11+. The molecular weight excluding hydrogens is 659 g/mol. The fourth-order valence-corrected chi connectivity index (χ4v) is 6.08. The lowest BCUT2D eigenvalue weighted by atomic mass is 10.2. The number of hydrogen-bond acceptors (Lipinski definition) is 7. The molecule has 0 radical (unpaired) electrons. The highest BCUT2D eigenvalue weighted by Crippen LogP contribution is 2.38. The normalized spacial score (nSPS) is 15.6. The summed E-state index contributed by atoms with van der Waals surface area (Å²) in [6, 6.07) is 14.5. The Balaban J connectivity index is 1.23. The second-order valence-corrected chi connectivity index (χ2v) is 11.1. The highest BCUT2D eigenvalue weighted by molar-refractivity contribution is 9.11. The third-order valence-corrected chi connectivity index (χ3v) is 7.70. The average molecular weight is 678 g/mol. The number of imide groups is 1. The highest BCUT2D eigenvalue weighted by Gasteiger charge is 2.36. The second kappa shape index (κ2) is 11.8. The third kappa shape index (κ3) is 6.45. The van der Waals surface area contributed by atoms with Crippen LogP contribution in [0.1, 0.15) is 11.1 Å². The molecule has 2 aliphatic rings. The van der Waals surface area contributed by atoms with Crippen molar-refractivity contribution < 1.29 is 33.0 Å². The maximum Gasteiger partial charge on any atom is 0.294 e. The summed E-state index contributed by atoms with van der Waals surface area (Å²) >= 11 is 7.71. The molecule has 5 rings (SSSR count). The molecule has 1 fully saturated rings. The van der Waals surface area contributed by atoms with Crippen LogP contribution in [0.3, 0.4) is 0 Å². The van der Waals surface area contributed by atoms with Gasteiger partial charge in [-0.15, -0.1) is 0 Å². The van der Waals surface area contributed by atoms with Gasteiger partial charge in [0.2, 0.25) is 5.91 Å². The Morgan fingerprint density at radius 1 is 1.03 bits per heavy atom. The minimum atomic E-state index is -0.564. The van der Waals surface area contributed by atoms with E-state index >= 15 is 0 Å². The fraction of sp³-hybridized carbons (Fsp3) is 0.148. The number of halogens is 3. The van der Waals surface area contributed by atoms with Crippen LogP contribution in [-0.4, -0.2) is 41.7 Å². The van der Waals surface area contributed by atoms with Gasteiger partial charge in [-0.25, -0.2) is 4.39 Å². The minimum Gasteiger partial charge on any atom is -0.487 e. The van der Waals surface area contributed by atoms with Gasteiger partial charge in [0.05, 0.1) is 13.9 Å². The first-order valence-corrected chi connectivity index (χ1v) is 14.0. The van der Waals surface area contributed by atoms with Crippen molar-refractivity contribution in [2.45, 2.75) is 6.61 Å². The van der Waals surface area contributed by atoms with Gasteiger partial charge in [-0.1, -0.05) is 12.1 Å². The highest BCUT2D eigenvalue weighted by atomic mass is 79.9. The van der Waals surface area contributed by atoms with E-state index in [1.807, 2.05) is 0 Å². The van der Waals surface area contributed by atoms with Gasteiger partial charge in [0.25, 0.3) is 11.1 Å². The summed E-state index contributed by atoms with van der Waals surface area (Å²) < 4.78 is 31.2. The number of amides is 3. The second-order valence-electron chi connectivity index (χ2n) is 8.40. The Kier molecular flexibility index (Phi) is 8.24. The molecule has 0 aromatic heterocycles. The quantitative estimate of drug-likeness (QED) is 0.290. The topological polar surface area (TPSA) is 94.2 Å². The molecule has 0 bridgehead atoms. The van der Waals surface area contributed by atoms with Gasteiger partial charge in [0.15, 0.2) is 11.5 Å². The number of nitrogens with one attached hydrogen (secondary N) is 1. The lowest BCUT2D eigenvalue weighted by Crippen LogP contribution is -2.36. The number of nitrogens with zero attached hydrogens (tertiary/aromatic N) is 1. The zero-order valence-electron chi connectivity index (χ0n) is 20.0. The van der Waals surface area contributed by atoms with Gasteiger partial charge in [-0.05, 0) is 97.2 Å². The number of fused-ring (bicyclic) bond motifs is 1. The number of ether oxygens (including phenoxy) is 3. The van der Waals surface area contributed by atoms with Crippen LogP contribution in [0.25, 0.3) is 6.08 Å². The van der Waals surface area contributed by atoms with Crippen molar-refractivity contribution in [2.24, 2.45) is 0 Å². The van der Waals surface area contributed by atoms with Crippen LogP contribution < -0.4 is 19.5 Å². The lowest BCUT2D eigenvalue weighted by Gasteiger charge is -2.19. The molecule has 0 aliphatic carbocycles. The molecule has 0 atom stereocenters. The number of thioether (sulfide) groups is 1. The molecule has 3 aromatic carbocycles. The van der Waals surface area contributed by atoms with Gasteiger partial charge >= 0.3 is 0 Å². The Hall–Kier alpha value is -3.35. The largest absolute Gasteiger partial charge is 0.487 e. The Labute approximate surface area is 243 Å². The molecule has 3 aromatic rings. The molecule has 2 aliphatic heterocycles. The van der Waals surface area contributed by atoms with Crippen molar-refractivity contribution in [3.05, 3.63) is 85.4 Å². The van der Waals surface area contributed by atoms with E-state index in [9.17, 15) is 18.8 Å². The summed E-state index contributed by atoms with van der Waals surface area (Å²) in [4.78, 5) is 39.2. The third-order valence-electron chi connectivity index (χ3n) is 5.62. The van der Waals surface area contributed by atoms with Crippen LogP contribution in [0.2, 0.25) is 0 Å². The molecule has 1 N–H and O–H groups in total. The number of benzene rings is 3. The smallest absolute Gasteiger partial charge is 0.294 e. The first-order chi connectivity index (χ1) is 18.8. The van der Waals surface area contributed by atoms with Crippen molar-refractivity contribution in [1.82, 2.24) is 4.90 Å². The van der Waals surface area contributed by atoms with Crippen LogP contribution in [0.4, 0.5) is 14.9 Å². The number of carbonyl (C=O) groups is 3. The monoisotopic (exact) mass is 676 g/mol.